The molecule has 0 radical (unpaired) electrons. The molecule has 2 aromatic heterocycles. The van der Waals surface area contributed by atoms with Gasteiger partial charge in [0.2, 0.25) is 5.95 Å². The number of aryl methyl sites for hydroxylation is 3. The van der Waals surface area contributed by atoms with Gasteiger partial charge in [-0.05, 0) is 20.3 Å². The highest BCUT2D eigenvalue weighted by Gasteiger charge is 2.21. The molecule has 3 heterocycles. The number of nitrogens with one attached hydrogen (secondary N) is 1. The zero-order valence-corrected chi connectivity index (χ0v) is 11.1. The van der Waals surface area contributed by atoms with E-state index in [1.165, 1.54) is 0 Å². The zero-order chi connectivity index (χ0) is 13.4. The van der Waals surface area contributed by atoms with Crippen molar-refractivity contribution in [3.05, 3.63) is 23.4 Å². The summed E-state index contributed by atoms with van der Waals surface area (Å²) >= 11 is 0. The maximum atomic E-state index is 5.65. The number of fused-ring (bicyclic) bond motifs is 1. The number of hydrogen-bond donors (Lipinski definition) is 2. The molecule has 1 aliphatic heterocycles. The van der Waals surface area contributed by atoms with Crippen molar-refractivity contribution in [1.82, 2.24) is 24.7 Å². The van der Waals surface area contributed by atoms with Gasteiger partial charge in [-0.1, -0.05) is 0 Å². The molecule has 0 unspecified atom stereocenters. The van der Waals surface area contributed by atoms with E-state index in [9.17, 15) is 0 Å². The van der Waals surface area contributed by atoms with Crippen LogP contribution in [0.15, 0.2) is 6.07 Å². The molecule has 0 amide bonds. The summed E-state index contributed by atoms with van der Waals surface area (Å²) in [5.41, 5.74) is 6.52. The van der Waals surface area contributed by atoms with Gasteiger partial charge < -0.3 is 11.1 Å². The molecule has 0 spiro atoms. The summed E-state index contributed by atoms with van der Waals surface area (Å²) in [6.07, 6.45) is 1.94. The van der Waals surface area contributed by atoms with Crippen molar-refractivity contribution in [3.63, 3.8) is 0 Å². The lowest BCUT2D eigenvalue weighted by molar-refractivity contribution is 0.440. The van der Waals surface area contributed by atoms with Gasteiger partial charge in [-0.15, -0.1) is 0 Å². The van der Waals surface area contributed by atoms with Gasteiger partial charge in [0.15, 0.2) is 0 Å². The summed E-state index contributed by atoms with van der Waals surface area (Å²) < 4.78 is 1.97. The number of nitrogens with two attached hydrogens (primary N) is 1. The Hall–Kier alpha value is -2.18. The Bertz CT molecular complexity index is 584. The van der Waals surface area contributed by atoms with Gasteiger partial charge in [0.25, 0.3) is 0 Å². The molecule has 0 aromatic carbocycles. The van der Waals surface area contributed by atoms with E-state index in [-0.39, 0.29) is 0 Å². The van der Waals surface area contributed by atoms with E-state index in [1.807, 2.05) is 24.6 Å². The van der Waals surface area contributed by atoms with Gasteiger partial charge in [-0.2, -0.15) is 10.1 Å². The van der Waals surface area contributed by atoms with Gasteiger partial charge in [0.05, 0.1) is 6.54 Å². The highest BCUT2D eigenvalue weighted by atomic mass is 15.4. The monoisotopic (exact) mass is 259 g/mol. The molecule has 0 fully saturated rings. The van der Waals surface area contributed by atoms with E-state index in [0.29, 0.717) is 12.0 Å². The molecule has 0 saturated carbocycles. The minimum atomic E-state index is 0.294. The first-order chi connectivity index (χ1) is 9.10. The van der Waals surface area contributed by atoms with E-state index >= 15 is 0 Å². The fraction of sp³-hybridized carbons (Fsp3) is 0.500. The van der Waals surface area contributed by atoms with Crippen molar-refractivity contribution in [1.29, 1.82) is 0 Å². The van der Waals surface area contributed by atoms with Crippen molar-refractivity contribution in [2.75, 3.05) is 11.1 Å². The predicted molar refractivity (Wildman–Crippen MR) is 71.7 cm³/mol. The smallest absolute Gasteiger partial charge is 0.222 e. The third-order valence-corrected chi connectivity index (χ3v) is 3.19. The van der Waals surface area contributed by atoms with E-state index in [0.717, 1.165) is 42.5 Å². The van der Waals surface area contributed by atoms with E-state index in [2.05, 4.69) is 25.4 Å². The van der Waals surface area contributed by atoms with Crippen molar-refractivity contribution in [2.24, 2.45) is 0 Å². The summed E-state index contributed by atoms with van der Waals surface area (Å²) in [6, 6.07) is 2.20. The van der Waals surface area contributed by atoms with Crippen LogP contribution in [0.5, 0.6) is 0 Å². The van der Waals surface area contributed by atoms with E-state index in [4.69, 9.17) is 5.73 Å². The van der Waals surface area contributed by atoms with Gasteiger partial charge in [0.1, 0.15) is 17.5 Å². The second kappa shape index (κ2) is 4.49. The largest absolute Gasteiger partial charge is 0.368 e. The Balaban J connectivity index is 1.75. The van der Waals surface area contributed by atoms with Crippen LogP contribution < -0.4 is 11.1 Å². The normalized spacial score (nSPS) is 18.1. The van der Waals surface area contributed by atoms with Gasteiger partial charge in [-0.3, -0.25) is 0 Å². The standard InChI is InChI=1S/C12H17N7/c1-7-5-10(17-12(13)14-7)16-9-3-4-11-15-8(2)18-19(11)6-9/h5,9H,3-4,6H2,1-2H3,(H3,13,14,16,17)/t9-/m0/s1. The minimum absolute atomic E-state index is 0.294. The van der Waals surface area contributed by atoms with Gasteiger partial charge >= 0.3 is 0 Å². The summed E-state index contributed by atoms with van der Waals surface area (Å²) in [4.78, 5) is 12.7. The fourth-order valence-corrected chi connectivity index (χ4v) is 2.43. The van der Waals surface area contributed by atoms with Crippen molar-refractivity contribution in [3.8, 4) is 0 Å². The molecule has 3 rings (SSSR count). The lowest BCUT2D eigenvalue weighted by Crippen LogP contribution is -2.32. The highest BCUT2D eigenvalue weighted by Crippen LogP contribution is 2.17. The van der Waals surface area contributed by atoms with E-state index < -0.39 is 0 Å². The molecular formula is C12H17N7. The molecule has 0 saturated heterocycles. The molecule has 7 heteroatoms. The third-order valence-electron chi connectivity index (χ3n) is 3.19. The summed E-state index contributed by atoms with van der Waals surface area (Å²) in [5, 5.41) is 7.78. The summed E-state index contributed by atoms with van der Waals surface area (Å²) in [5.74, 6) is 2.97. The van der Waals surface area contributed by atoms with Crippen LogP contribution in [-0.4, -0.2) is 30.8 Å². The van der Waals surface area contributed by atoms with E-state index in [1.54, 1.807) is 0 Å². The minimum Gasteiger partial charge on any atom is -0.368 e. The number of anilines is 2. The Labute approximate surface area is 111 Å². The molecule has 0 aliphatic carbocycles. The molecule has 0 bridgehead atoms. The Morgan fingerprint density at radius 1 is 1.32 bits per heavy atom. The van der Waals surface area contributed by atoms with Crippen LogP contribution in [0.2, 0.25) is 0 Å². The van der Waals surface area contributed by atoms with Crippen LogP contribution >= 0.6 is 0 Å². The molecule has 3 N–H and O–H groups in total. The average molecular weight is 259 g/mol. The summed E-state index contributed by atoms with van der Waals surface area (Å²) in [6.45, 7) is 4.63. The Morgan fingerprint density at radius 2 is 2.16 bits per heavy atom. The second-order valence-corrected chi connectivity index (χ2v) is 4.89. The Kier molecular flexibility index (Phi) is 2.81. The highest BCUT2D eigenvalue weighted by molar-refractivity contribution is 5.41. The lowest BCUT2D eigenvalue weighted by atomic mass is 10.1. The quantitative estimate of drug-likeness (QED) is 0.824. The van der Waals surface area contributed by atoms with Gasteiger partial charge in [-0.25, -0.2) is 14.6 Å². The zero-order valence-electron chi connectivity index (χ0n) is 11.1. The fourth-order valence-electron chi connectivity index (χ4n) is 2.43. The summed E-state index contributed by atoms with van der Waals surface area (Å²) in [7, 11) is 0. The number of nitrogen functional groups attached to an aromatic ring is 1. The first-order valence-electron chi connectivity index (χ1n) is 6.38. The number of nitrogens with zero attached hydrogens (tertiary/aromatic N) is 5. The topological polar surface area (TPSA) is 94.5 Å². The average Bonchev–Trinajstić information content (AvgIpc) is 2.67. The van der Waals surface area contributed by atoms with Gasteiger partial charge in [0, 0.05) is 24.2 Å². The van der Waals surface area contributed by atoms with Crippen LogP contribution in [0.4, 0.5) is 11.8 Å². The molecule has 19 heavy (non-hydrogen) atoms. The predicted octanol–water partition coefficient (Wildman–Crippen LogP) is 0.694. The molecular weight excluding hydrogens is 242 g/mol. The van der Waals surface area contributed by atoms with Crippen molar-refractivity contribution in [2.45, 2.75) is 39.3 Å². The van der Waals surface area contributed by atoms with Crippen LogP contribution in [0, 0.1) is 13.8 Å². The van der Waals surface area contributed by atoms with Crippen molar-refractivity contribution < 1.29 is 0 Å². The molecule has 1 atom stereocenters. The number of aromatic nitrogens is 5. The Morgan fingerprint density at radius 3 is 2.95 bits per heavy atom. The molecule has 2 aromatic rings. The van der Waals surface area contributed by atoms with Crippen LogP contribution in [0.3, 0.4) is 0 Å². The SMILES string of the molecule is Cc1cc(N[C@H]2CCc3nc(C)nn3C2)nc(N)n1. The van der Waals surface area contributed by atoms with Crippen LogP contribution in [0.1, 0.15) is 23.8 Å². The first kappa shape index (κ1) is 11.9. The number of rotatable bonds is 2. The molecule has 7 nitrogen and oxygen atoms in total. The van der Waals surface area contributed by atoms with Crippen molar-refractivity contribution >= 4 is 11.8 Å². The maximum Gasteiger partial charge on any atom is 0.222 e. The maximum absolute atomic E-state index is 5.65. The molecule has 1 aliphatic rings. The second-order valence-electron chi connectivity index (χ2n) is 4.89. The lowest BCUT2D eigenvalue weighted by Gasteiger charge is -2.24. The van der Waals surface area contributed by atoms with Crippen LogP contribution in [-0.2, 0) is 13.0 Å². The van der Waals surface area contributed by atoms with Crippen LogP contribution in [0.25, 0.3) is 0 Å². The number of hydrogen-bond acceptors (Lipinski definition) is 6. The molecule has 100 valence electrons. The third kappa shape index (κ3) is 2.49. The first-order valence-corrected chi connectivity index (χ1v) is 6.38.